The van der Waals surface area contributed by atoms with Crippen LogP contribution in [0.5, 0.6) is 0 Å². The van der Waals surface area contributed by atoms with Gasteiger partial charge < -0.3 is 14.7 Å². The highest BCUT2D eigenvalue weighted by Crippen LogP contribution is 2.32. The fourth-order valence-corrected chi connectivity index (χ4v) is 4.48. The van der Waals surface area contributed by atoms with Gasteiger partial charge in [-0.15, -0.1) is 12.4 Å². The predicted molar refractivity (Wildman–Crippen MR) is 139 cm³/mol. The highest BCUT2D eigenvalue weighted by Gasteiger charge is 2.42. The molecule has 0 atom stereocenters. The molecule has 0 spiro atoms. The second-order valence-electron chi connectivity index (χ2n) is 8.78. The van der Waals surface area contributed by atoms with Gasteiger partial charge in [0.15, 0.2) is 5.78 Å². The van der Waals surface area contributed by atoms with Crippen LogP contribution in [0.15, 0.2) is 91.0 Å². The van der Waals surface area contributed by atoms with Crippen molar-refractivity contribution >= 4 is 24.2 Å². The summed E-state index contributed by atoms with van der Waals surface area (Å²) in [7, 11) is 0. The Hall–Kier alpha value is -2.99. The third-order valence-electron chi connectivity index (χ3n) is 6.46. The van der Waals surface area contributed by atoms with E-state index in [1.807, 2.05) is 42.5 Å². The highest BCUT2D eigenvalue weighted by molar-refractivity contribution is 5.95. The molecule has 4 rings (SSSR count). The molecule has 1 heterocycles. The minimum Gasteiger partial charge on any atom is -0.460 e. The number of halogens is 1. The molecule has 0 saturated carbocycles. The van der Waals surface area contributed by atoms with E-state index in [0.29, 0.717) is 30.4 Å². The van der Waals surface area contributed by atoms with Crippen molar-refractivity contribution in [3.63, 3.8) is 0 Å². The van der Waals surface area contributed by atoms with Crippen molar-refractivity contribution < 1.29 is 19.4 Å². The van der Waals surface area contributed by atoms with Gasteiger partial charge in [-0.05, 0) is 36.9 Å². The molecule has 1 aliphatic heterocycles. The maximum Gasteiger partial charge on any atom is 0.347 e. The number of rotatable bonds is 9. The zero-order valence-electron chi connectivity index (χ0n) is 19.7. The van der Waals surface area contributed by atoms with Gasteiger partial charge in [0.1, 0.15) is 6.10 Å². The molecule has 0 radical (unpaired) electrons. The molecule has 3 aromatic rings. The maximum absolute atomic E-state index is 13.3. The maximum atomic E-state index is 13.3. The normalized spacial score (nSPS) is 14.7. The summed E-state index contributed by atoms with van der Waals surface area (Å²) in [5.41, 5.74) is -0.104. The third-order valence-corrected chi connectivity index (χ3v) is 6.46. The van der Waals surface area contributed by atoms with Gasteiger partial charge >= 0.3 is 5.97 Å². The van der Waals surface area contributed by atoms with Crippen LogP contribution in [0.3, 0.4) is 0 Å². The first kappa shape index (κ1) is 26.6. The Morgan fingerprint density at radius 2 is 1.31 bits per heavy atom. The van der Waals surface area contributed by atoms with Gasteiger partial charge in [-0.25, -0.2) is 4.79 Å². The minimum absolute atomic E-state index is 0. The Kier molecular flexibility index (Phi) is 9.61. The number of nitrogens with zero attached hydrogens (tertiary/aromatic N) is 1. The number of carbonyl (C=O) groups is 2. The summed E-state index contributed by atoms with van der Waals surface area (Å²) in [6.07, 6.45) is 2.50. The largest absolute Gasteiger partial charge is 0.460 e. The van der Waals surface area contributed by atoms with Crippen molar-refractivity contribution in [1.82, 2.24) is 4.90 Å². The lowest BCUT2D eigenvalue weighted by Crippen LogP contribution is -2.44. The predicted octanol–water partition coefficient (Wildman–Crippen LogP) is 5.02. The first-order chi connectivity index (χ1) is 16.6. The summed E-state index contributed by atoms with van der Waals surface area (Å²) in [5, 5.41) is 11.6. The van der Waals surface area contributed by atoms with Gasteiger partial charge in [-0.1, -0.05) is 91.0 Å². The molecule has 1 aliphatic rings. The van der Waals surface area contributed by atoms with Crippen LogP contribution in [0.25, 0.3) is 0 Å². The first-order valence-electron chi connectivity index (χ1n) is 11.9. The van der Waals surface area contributed by atoms with E-state index in [1.165, 1.54) is 0 Å². The molecule has 0 amide bonds. The number of likely N-dealkylation sites (tertiary alicyclic amines) is 1. The fourth-order valence-electron chi connectivity index (χ4n) is 4.48. The molecule has 0 bridgehead atoms. The first-order valence-corrected chi connectivity index (χ1v) is 11.9. The van der Waals surface area contributed by atoms with Crippen molar-refractivity contribution in [2.24, 2.45) is 0 Å². The summed E-state index contributed by atoms with van der Waals surface area (Å²) >= 11 is 0. The van der Waals surface area contributed by atoms with Crippen LogP contribution >= 0.6 is 12.4 Å². The van der Waals surface area contributed by atoms with Crippen LogP contribution < -0.4 is 0 Å². The molecule has 35 heavy (non-hydrogen) atoms. The Bertz CT molecular complexity index is 1030. The van der Waals surface area contributed by atoms with Crippen LogP contribution in [-0.2, 0) is 15.1 Å². The van der Waals surface area contributed by atoms with Crippen LogP contribution in [-0.4, -0.2) is 47.5 Å². The van der Waals surface area contributed by atoms with E-state index in [9.17, 15) is 14.7 Å². The second-order valence-corrected chi connectivity index (χ2v) is 8.78. The quantitative estimate of drug-likeness (QED) is 0.335. The van der Waals surface area contributed by atoms with Gasteiger partial charge in [0, 0.05) is 25.1 Å². The van der Waals surface area contributed by atoms with Crippen LogP contribution in [0, 0.1) is 0 Å². The number of ether oxygens (including phenoxy) is 1. The molecule has 1 N–H and O–H groups in total. The number of carbonyl (C=O) groups excluding carboxylic acids is 2. The lowest BCUT2D eigenvalue weighted by Gasteiger charge is -2.34. The van der Waals surface area contributed by atoms with Crippen LogP contribution in [0.4, 0.5) is 0 Å². The van der Waals surface area contributed by atoms with Gasteiger partial charge in [-0.3, -0.25) is 4.79 Å². The Balaban J connectivity index is 0.00000342. The molecule has 0 unspecified atom stereocenters. The molecule has 1 saturated heterocycles. The fraction of sp³-hybridized carbons (Fsp3) is 0.310. The van der Waals surface area contributed by atoms with E-state index < -0.39 is 11.6 Å². The van der Waals surface area contributed by atoms with Crippen molar-refractivity contribution in [3.8, 4) is 0 Å². The molecule has 0 aliphatic carbocycles. The molecule has 6 heteroatoms. The van der Waals surface area contributed by atoms with Crippen LogP contribution in [0.1, 0.15) is 47.2 Å². The van der Waals surface area contributed by atoms with Gasteiger partial charge in [0.25, 0.3) is 0 Å². The Morgan fingerprint density at radius 1 is 0.829 bits per heavy atom. The molecular weight excluding hydrogens is 462 g/mol. The number of piperidine rings is 1. The van der Waals surface area contributed by atoms with Crippen molar-refractivity contribution in [3.05, 3.63) is 108 Å². The number of hydrogen-bond donors (Lipinski definition) is 1. The lowest BCUT2D eigenvalue weighted by atomic mass is 9.86. The summed E-state index contributed by atoms with van der Waals surface area (Å²) in [4.78, 5) is 27.9. The average molecular weight is 494 g/mol. The zero-order chi connectivity index (χ0) is 23.8. The monoisotopic (exact) mass is 493 g/mol. The zero-order valence-corrected chi connectivity index (χ0v) is 20.5. The third kappa shape index (κ3) is 6.57. The van der Waals surface area contributed by atoms with Crippen molar-refractivity contribution in [2.45, 2.75) is 37.4 Å². The molecule has 1 fully saturated rings. The molecule has 184 valence electrons. The average Bonchev–Trinajstić information content (AvgIpc) is 2.90. The number of aliphatic hydroxyl groups is 1. The summed E-state index contributed by atoms with van der Waals surface area (Å²) < 4.78 is 5.84. The minimum atomic E-state index is -1.85. The number of Topliss-reactive ketones (excluding diaryl/α,β-unsaturated/α-hetero) is 1. The molecule has 0 aromatic heterocycles. The van der Waals surface area contributed by atoms with E-state index in [-0.39, 0.29) is 24.3 Å². The lowest BCUT2D eigenvalue weighted by molar-refractivity contribution is -0.170. The van der Waals surface area contributed by atoms with Gasteiger partial charge in [-0.2, -0.15) is 0 Å². The Labute approximate surface area is 213 Å². The second kappa shape index (κ2) is 12.6. The van der Waals surface area contributed by atoms with E-state index >= 15 is 0 Å². The van der Waals surface area contributed by atoms with Crippen molar-refractivity contribution in [1.29, 1.82) is 0 Å². The molecule has 3 aromatic carbocycles. The number of hydrogen-bond acceptors (Lipinski definition) is 5. The van der Waals surface area contributed by atoms with E-state index in [0.717, 1.165) is 31.6 Å². The topological polar surface area (TPSA) is 66.8 Å². The SMILES string of the molecule is Cl.O=C(CCCN1CCC(OC(=O)C(O)(c2ccccc2)c2ccccc2)CC1)c1ccccc1. The Morgan fingerprint density at radius 3 is 1.83 bits per heavy atom. The smallest absolute Gasteiger partial charge is 0.347 e. The summed E-state index contributed by atoms with van der Waals surface area (Å²) in [6.45, 7) is 2.44. The van der Waals surface area contributed by atoms with Gasteiger partial charge in [0.2, 0.25) is 5.60 Å². The summed E-state index contributed by atoms with van der Waals surface area (Å²) in [5.74, 6) is -0.470. The van der Waals surface area contributed by atoms with Gasteiger partial charge in [0.05, 0.1) is 0 Å². The number of benzene rings is 3. The summed E-state index contributed by atoms with van der Waals surface area (Å²) in [6, 6.07) is 27.3. The standard InChI is InChI=1S/C29H31NO4.ClH/c31-27(23-11-4-1-5-12-23)17-10-20-30-21-18-26(19-22-30)34-28(32)29(33,24-13-6-2-7-14-24)25-15-8-3-9-16-25;/h1-9,11-16,26,33H,10,17-22H2;1H. The highest BCUT2D eigenvalue weighted by atomic mass is 35.5. The van der Waals surface area contributed by atoms with E-state index in [1.54, 1.807) is 48.5 Å². The van der Waals surface area contributed by atoms with E-state index in [4.69, 9.17) is 4.74 Å². The molecular formula is C29H32ClNO4. The number of ketones is 1. The van der Waals surface area contributed by atoms with Crippen LogP contribution in [0.2, 0.25) is 0 Å². The number of esters is 1. The molecule has 5 nitrogen and oxygen atoms in total. The van der Waals surface area contributed by atoms with Crippen molar-refractivity contribution in [2.75, 3.05) is 19.6 Å². The van der Waals surface area contributed by atoms with E-state index in [2.05, 4.69) is 4.90 Å².